The molecule has 0 amide bonds. The van der Waals surface area contributed by atoms with Crippen LogP contribution in [0.5, 0.6) is 0 Å². The number of hydrogen-bond donors (Lipinski definition) is 2. The Balaban J connectivity index is 2.82. The maximum atomic E-state index is 11.0. The van der Waals surface area contributed by atoms with Crippen LogP contribution in [0.25, 0.3) is 0 Å². The molecule has 0 bridgehead atoms. The third-order valence-corrected chi connectivity index (χ3v) is 3.25. The summed E-state index contributed by atoms with van der Waals surface area (Å²) >= 11 is 8.25. The molecule has 16 heavy (non-hydrogen) atoms. The summed E-state index contributed by atoms with van der Waals surface area (Å²) in [6.07, 6.45) is 3.48. The van der Waals surface area contributed by atoms with Gasteiger partial charge in [-0.15, -0.1) is 0 Å². The van der Waals surface area contributed by atoms with E-state index in [-0.39, 0.29) is 0 Å². The molecule has 4 nitrogen and oxygen atoms in total. The average Bonchev–Trinajstić information content (AvgIpc) is 2.25. The Morgan fingerprint density at radius 2 is 2.00 bits per heavy atom. The van der Waals surface area contributed by atoms with Gasteiger partial charge >= 0.3 is 0 Å². The molecule has 0 fully saturated rings. The van der Waals surface area contributed by atoms with Crippen molar-refractivity contribution in [2.75, 3.05) is 6.26 Å². The highest BCUT2D eigenvalue weighted by molar-refractivity contribution is 7.86. The largest absolute Gasteiger partial charge is 0.265 e. The summed E-state index contributed by atoms with van der Waals surface area (Å²) in [5.74, 6) is 1.36. The van der Waals surface area contributed by atoms with Crippen LogP contribution in [0.15, 0.2) is 24.5 Å². The van der Waals surface area contributed by atoms with Crippen LogP contribution in [0.3, 0.4) is 0 Å². The molecule has 89 valence electrons. The van der Waals surface area contributed by atoms with Crippen LogP contribution in [-0.2, 0) is 14.3 Å². The first-order chi connectivity index (χ1) is 7.44. The fourth-order valence-electron chi connectivity index (χ4n) is 1.11. The first kappa shape index (κ1) is 13.8. The minimum atomic E-state index is -3.53. The Morgan fingerprint density at radius 3 is 2.44 bits per heavy atom. The third kappa shape index (κ3) is 4.32. The Hall–Kier alpha value is -0.240. The van der Waals surface area contributed by atoms with Gasteiger partial charge in [0.25, 0.3) is 10.1 Å². The molecule has 0 aliphatic heterocycles. The van der Waals surface area contributed by atoms with E-state index in [9.17, 15) is 8.42 Å². The monoisotopic (exact) mass is 278 g/mol. The van der Waals surface area contributed by atoms with Crippen molar-refractivity contribution >= 4 is 35.4 Å². The Morgan fingerprint density at radius 1 is 1.44 bits per heavy atom. The van der Waals surface area contributed by atoms with Crippen LogP contribution in [0.2, 0.25) is 0 Å². The van der Waals surface area contributed by atoms with Crippen LogP contribution in [0.1, 0.15) is 10.8 Å². The molecule has 0 spiro atoms. The van der Waals surface area contributed by atoms with Crippen LogP contribution in [-0.4, -0.2) is 25.8 Å². The minimum absolute atomic E-state index is 0.407. The van der Waals surface area contributed by atoms with Crippen LogP contribution >= 0.6 is 25.3 Å². The first-order valence-electron chi connectivity index (χ1n) is 4.38. The van der Waals surface area contributed by atoms with E-state index < -0.39 is 21.5 Å². The summed E-state index contributed by atoms with van der Waals surface area (Å²) in [4.78, 5) is 3.87. The molecular weight excluding hydrogens is 266 g/mol. The number of pyridine rings is 1. The van der Waals surface area contributed by atoms with E-state index >= 15 is 0 Å². The van der Waals surface area contributed by atoms with Crippen molar-refractivity contribution in [2.45, 2.75) is 11.4 Å². The van der Waals surface area contributed by atoms with E-state index in [2.05, 4.69) is 30.2 Å². The quantitative estimate of drug-likeness (QED) is 0.633. The number of aromatic nitrogens is 1. The maximum absolute atomic E-state index is 11.0. The molecule has 2 unspecified atom stereocenters. The summed E-state index contributed by atoms with van der Waals surface area (Å²) in [6.45, 7) is 0. The maximum Gasteiger partial charge on any atom is 0.264 e. The van der Waals surface area contributed by atoms with E-state index in [4.69, 9.17) is 4.18 Å². The van der Waals surface area contributed by atoms with E-state index in [1.165, 1.54) is 5.75 Å². The van der Waals surface area contributed by atoms with E-state index in [1.807, 2.05) is 0 Å². The lowest BCUT2D eigenvalue weighted by Crippen LogP contribution is -2.21. The molecule has 1 aromatic heterocycles. The summed E-state index contributed by atoms with van der Waals surface area (Å²) in [5.41, 5.74) is 0.817. The average molecular weight is 278 g/mol. The Bertz CT molecular complexity index is 421. The molecule has 0 saturated carbocycles. The number of rotatable bonds is 5. The van der Waals surface area contributed by atoms with Gasteiger partial charge in [-0.2, -0.15) is 33.7 Å². The van der Waals surface area contributed by atoms with Gasteiger partial charge in [-0.05, 0) is 17.7 Å². The second kappa shape index (κ2) is 5.90. The molecule has 1 radical (unpaired) electrons. The fraction of sp³-hybridized carbons (Fsp3) is 0.333. The Labute approximate surface area is 106 Å². The second-order valence-electron chi connectivity index (χ2n) is 3.14. The van der Waals surface area contributed by atoms with Crippen molar-refractivity contribution in [3.8, 4) is 0 Å². The second-order valence-corrected chi connectivity index (χ2v) is 5.59. The van der Waals surface area contributed by atoms with E-state index in [1.54, 1.807) is 24.5 Å². The van der Waals surface area contributed by atoms with Gasteiger partial charge in [0, 0.05) is 18.1 Å². The van der Waals surface area contributed by atoms with Gasteiger partial charge in [0.2, 0.25) is 0 Å². The van der Waals surface area contributed by atoms with Gasteiger partial charge in [-0.25, -0.2) is 0 Å². The summed E-state index contributed by atoms with van der Waals surface area (Å²) in [7, 11) is -3.53. The van der Waals surface area contributed by atoms with Crippen molar-refractivity contribution in [1.29, 1.82) is 0 Å². The molecule has 7 heteroatoms. The molecule has 2 atom stereocenters. The first-order valence-corrected chi connectivity index (χ1v) is 7.23. The topological polar surface area (TPSA) is 56.3 Å². The molecule has 0 saturated heterocycles. The molecule has 0 N–H and O–H groups in total. The van der Waals surface area contributed by atoms with Crippen molar-refractivity contribution in [3.63, 3.8) is 0 Å². The highest BCUT2D eigenvalue weighted by atomic mass is 32.2. The lowest BCUT2D eigenvalue weighted by atomic mass is 10.1. The zero-order valence-electron chi connectivity index (χ0n) is 8.52. The van der Waals surface area contributed by atoms with Crippen molar-refractivity contribution in [3.05, 3.63) is 35.8 Å². The van der Waals surface area contributed by atoms with E-state index in [0.717, 1.165) is 11.8 Å². The summed E-state index contributed by atoms with van der Waals surface area (Å²) in [5, 5.41) is -0.407. The predicted octanol–water partition coefficient (Wildman–Crippen LogP) is 1.49. The van der Waals surface area contributed by atoms with Gasteiger partial charge in [0.15, 0.2) is 0 Å². The summed E-state index contributed by atoms with van der Waals surface area (Å²) in [6, 6.07) is 3.49. The SMILES string of the molecule is CS(=O)(=O)OC([CH]S)C(S)c1ccncc1. The van der Waals surface area contributed by atoms with Gasteiger partial charge in [-0.3, -0.25) is 9.17 Å². The molecule has 0 aromatic carbocycles. The number of nitrogens with zero attached hydrogens (tertiary/aromatic N) is 1. The molecule has 1 heterocycles. The van der Waals surface area contributed by atoms with Crippen molar-refractivity contribution < 1.29 is 12.6 Å². The highest BCUT2D eigenvalue weighted by Crippen LogP contribution is 2.28. The van der Waals surface area contributed by atoms with Crippen molar-refractivity contribution in [2.24, 2.45) is 0 Å². The van der Waals surface area contributed by atoms with Gasteiger partial charge in [-0.1, -0.05) is 0 Å². The fourth-order valence-corrected chi connectivity index (χ4v) is 2.53. The van der Waals surface area contributed by atoms with Gasteiger partial charge in [0.05, 0.1) is 11.5 Å². The van der Waals surface area contributed by atoms with E-state index in [0.29, 0.717) is 0 Å². The molecular formula is C9H12NO3S3. The van der Waals surface area contributed by atoms with Crippen LogP contribution in [0.4, 0.5) is 0 Å². The smallest absolute Gasteiger partial charge is 0.264 e. The Kier molecular flexibility index (Phi) is 5.10. The van der Waals surface area contributed by atoms with Gasteiger partial charge in [0.1, 0.15) is 6.10 Å². The predicted molar refractivity (Wildman–Crippen MR) is 69.0 cm³/mol. The zero-order chi connectivity index (χ0) is 12.2. The molecule has 0 aliphatic carbocycles. The lowest BCUT2D eigenvalue weighted by Gasteiger charge is -2.20. The van der Waals surface area contributed by atoms with Crippen LogP contribution < -0.4 is 0 Å². The standard InChI is InChI=1S/C9H12NO3S3/c1-16(11,12)13-8(6-14)9(15)7-2-4-10-5-3-7/h2-6,8-9,14-15H,1H3. The molecule has 1 aromatic rings. The third-order valence-electron chi connectivity index (χ3n) is 1.79. The number of hydrogen-bond acceptors (Lipinski definition) is 6. The van der Waals surface area contributed by atoms with Crippen molar-refractivity contribution in [1.82, 2.24) is 4.98 Å². The minimum Gasteiger partial charge on any atom is -0.265 e. The molecule has 1 rings (SSSR count). The summed E-state index contributed by atoms with van der Waals surface area (Å²) < 4.78 is 26.9. The molecule has 0 aliphatic rings. The normalized spacial score (nSPS) is 15.7. The van der Waals surface area contributed by atoms with Gasteiger partial charge < -0.3 is 0 Å². The lowest BCUT2D eigenvalue weighted by molar-refractivity contribution is 0.250. The highest BCUT2D eigenvalue weighted by Gasteiger charge is 2.23. The van der Waals surface area contributed by atoms with Crippen LogP contribution in [0, 0.1) is 5.75 Å². The number of thiol groups is 2. The zero-order valence-corrected chi connectivity index (χ0v) is 11.1.